The molecule has 3 aliphatic carbocycles. The number of imide groups is 1. The van der Waals surface area contributed by atoms with Gasteiger partial charge in [-0.05, 0) is 54.8 Å². The van der Waals surface area contributed by atoms with E-state index in [0.29, 0.717) is 21.8 Å². The van der Waals surface area contributed by atoms with E-state index in [1.165, 1.54) is 0 Å². The number of carbonyl (C=O) groups is 8. The molecule has 5 aliphatic rings. The van der Waals surface area contributed by atoms with Crippen molar-refractivity contribution in [3.8, 4) is 0 Å². The first-order valence-electron chi connectivity index (χ1n) is 23.5. The van der Waals surface area contributed by atoms with Crippen LogP contribution in [-0.4, -0.2) is 105 Å². The largest absolute Gasteiger partial charge is 0.455 e. The molecule has 2 saturated heterocycles. The van der Waals surface area contributed by atoms with Gasteiger partial charge in [-0.3, -0.25) is 24.0 Å². The van der Waals surface area contributed by atoms with Crippen LogP contribution >= 0.6 is 0 Å². The van der Waals surface area contributed by atoms with E-state index in [1.54, 1.807) is 126 Å². The Morgan fingerprint density at radius 1 is 0.814 bits per heavy atom. The number of aliphatic hydroxyl groups is 2. The number of ketones is 1. The van der Waals surface area contributed by atoms with Crippen molar-refractivity contribution in [2.75, 3.05) is 6.61 Å². The van der Waals surface area contributed by atoms with Crippen LogP contribution < -0.4 is 5.32 Å². The van der Waals surface area contributed by atoms with Crippen LogP contribution in [0.1, 0.15) is 112 Å². The van der Waals surface area contributed by atoms with E-state index in [0.717, 1.165) is 0 Å². The van der Waals surface area contributed by atoms with E-state index in [4.69, 9.17) is 23.8 Å². The number of hydrogen-bond donors (Lipinski definition) is 3. The van der Waals surface area contributed by atoms with Gasteiger partial charge in [-0.25, -0.2) is 14.4 Å². The van der Waals surface area contributed by atoms with Crippen molar-refractivity contribution in [2.24, 2.45) is 28.1 Å². The molecule has 2 bridgehead atoms. The number of ether oxygens (including phenoxy) is 4. The van der Waals surface area contributed by atoms with Crippen LogP contribution in [-0.2, 0) is 52.6 Å². The highest BCUT2D eigenvalue weighted by molar-refractivity contribution is 6.01. The fraction of sp³-hybridized carbons (Fsp3) is 0.472. The number of fused-ring (bicyclic) bond motifs is 5. The van der Waals surface area contributed by atoms with E-state index >= 15 is 9.59 Å². The maximum absolute atomic E-state index is 15.4. The Hall–Kier alpha value is -6.56. The number of rotatable bonds is 13. The van der Waals surface area contributed by atoms with Gasteiger partial charge >= 0.3 is 23.9 Å². The molecule has 0 radical (unpaired) electrons. The summed E-state index contributed by atoms with van der Waals surface area (Å²) in [5.41, 5.74) is -4.51. The molecule has 0 aromatic heterocycles. The number of nitrogens with zero attached hydrogens (tertiary/aromatic N) is 1. The van der Waals surface area contributed by atoms with Crippen LogP contribution in [0.15, 0.2) is 102 Å². The first kappa shape index (κ1) is 49.8. The number of hydroxylamine groups is 2. The molecule has 11 atom stereocenters. The molecular weight excluding hydrogens is 905 g/mol. The summed E-state index contributed by atoms with van der Waals surface area (Å²) in [6.45, 7) is 10.5. The van der Waals surface area contributed by atoms with Crippen molar-refractivity contribution in [1.82, 2.24) is 10.4 Å². The van der Waals surface area contributed by atoms with Gasteiger partial charge in [-0.1, -0.05) is 94.4 Å². The van der Waals surface area contributed by atoms with Gasteiger partial charge < -0.3 is 39.3 Å². The van der Waals surface area contributed by atoms with Crippen molar-refractivity contribution in [3.63, 3.8) is 0 Å². The van der Waals surface area contributed by atoms with Crippen molar-refractivity contribution in [2.45, 2.75) is 122 Å². The highest BCUT2D eigenvalue weighted by Gasteiger charge is 2.75. The fourth-order valence-corrected chi connectivity index (χ4v) is 11.8. The molecule has 370 valence electrons. The molecule has 8 rings (SSSR count). The van der Waals surface area contributed by atoms with E-state index in [-0.39, 0.29) is 42.8 Å². The molecule has 17 heteroatoms. The molecule has 4 fully saturated rings. The van der Waals surface area contributed by atoms with E-state index in [9.17, 15) is 39.0 Å². The van der Waals surface area contributed by atoms with Gasteiger partial charge in [0.1, 0.15) is 29.6 Å². The maximum Gasteiger partial charge on any atom is 0.350 e. The number of esters is 3. The lowest BCUT2D eigenvalue weighted by Gasteiger charge is -2.68. The fourth-order valence-electron chi connectivity index (χ4n) is 11.8. The molecule has 3 aromatic rings. The Morgan fingerprint density at radius 3 is 1.97 bits per heavy atom. The monoisotopic (exact) mass is 962 g/mol. The molecule has 0 spiro atoms. The quantitative estimate of drug-likeness (QED) is 0.0876. The van der Waals surface area contributed by atoms with Crippen LogP contribution in [0, 0.1) is 28.1 Å². The molecule has 3 N–H and O–H groups in total. The lowest BCUT2D eigenvalue weighted by atomic mass is 9.41. The normalized spacial score (nSPS) is 30.8. The highest BCUT2D eigenvalue weighted by Crippen LogP contribution is 2.66. The Bertz CT molecular complexity index is 2600. The summed E-state index contributed by atoms with van der Waals surface area (Å²) in [7, 11) is 0. The van der Waals surface area contributed by atoms with Crippen LogP contribution in [0.3, 0.4) is 0 Å². The van der Waals surface area contributed by atoms with Crippen LogP contribution in [0.5, 0.6) is 0 Å². The lowest BCUT2D eigenvalue weighted by Crippen LogP contribution is -2.77. The van der Waals surface area contributed by atoms with Gasteiger partial charge in [0.25, 0.3) is 17.7 Å². The minimum atomic E-state index is -2.14. The maximum atomic E-state index is 15.4. The van der Waals surface area contributed by atoms with Crippen LogP contribution in [0.4, 0.5) is 0 Å². The zero-order valence-electron chi connectivity index (χ0n) is 39.9. The highest BCUT2D eigenvalue weighted by atomic mass is 16.7. The number of carbonyl (C=O) groups excluding carboxylic acids is 8. The third-order valence-electron chi connectivity index (χ3n) is 15.6. The minimum Gasteiger partial charge on any atom is -0.455 e. The Balaban J connectivity index is 1.19. The lowest BCUT2D eigenvalue weighted by molar-refractivity contribution is -0.312. The zero-order valence-corrected chi connectivity index (χ0v) is 39.9. The molecule has 70 heavy (non-hydrogen) atoms. The molecule has 0 unspecified atom stereocenters. The molecule has 2 saturated carbocycles. The van der Waals surface area contributed by atoms with Gasteiger partial charge in [0.2, 0.25) is 6.10 Å². The second-order valence-corrected chi connectivity index (χ2v) is 20.1. The summed E-state index contributed by atoms with van der Waals surface area (Å²) in [6.07, 6.45) is -8.62. The molecule has 2 aliphatic heterocycles. The smallest absolute Gasteiger partial charge is 0.350 e. The van der Waals surface area contributed by atoms with Gasteiger partial charge in [0, 0.05) is 53.9 Å². The van der Waals surface area contributed by atoms with Gasteiger partial charge in [0.05, 0.1) is 42.6 Å². The van der Waals surface area contributed by atoms with E-state index in [2.05, 4.69) is 5.32 Å². The van der Waals surface area contributed by atoms with E-state index in [1.807, 2.05) is 6.92 Å². The van der Waals surface area contributed by atoms with E-state index < -0.39 is 131 Å². The minimum absolute atomic E-state index is 0.129. The first-order chi connectivity index (χ1) is 33.1. The topological polar surface area (TPSA) is 238 Å². The van der Waals surface area contributed by atoms with Gasteiger partial charge in [-0.2, -0.15) is 0 Å². The summed E-state index contributed by atoms with van der Waals surface area (Å²) in [6, 6.07) is 23.0. The standard InChI is InChI=1S/C53H58N2O15/c1-29-34(27-53(65)46(69-48(63)33-20-14-9-15-21-33)44-51(5)28-66-36(51)26-35(56)52(44,6)45(61)30(2)41(29)50(53,3)4)67-49(64)43(68-39(59)24-25-40(60)70-55-37(57)22-23-38(55)58)42(31-16-10-7-11-17-31)54-47(62)32-18-12-8-13-19-32/h7-21,30,34-36,42-44,46,56,65H,22-28H2,1-6H3,(H,54,62)/t30-,34+,35+,36-,42-,43-,44-,46+,51-,52-,53-/m1/s1. The van der Waals surface area contributed by atoms with Gasteiger partial charge in [-0.15, -0.1) is 5.06 Å². The molecule has 3 aromatic carbocycles. The molecule has 3 amide bonds. The SMILES string of the molecule is CC1=C2[C@@H](C)C(=O)[C@@]3(C)[C@H]([C@H](OC(=O)c4ccccc4)[C@](O)(C[C@@H]1OC(=O)[C@H](OC(=O)CCC(=O)ON1C(=O)CCC1=O)[C@H](NC(=O)c1ccccc1)c1ccccc1)C2(C)C)[C@]1(C)CO[C@@H]1C[C@@H]3O. The molecular formula is C53H58N2O15. The van der Waals surface area contributed by atoms with Crippen molar-refractivity contribution >= 4 is 47.4 Å². The second-order valence-electron chi connectivity index (χ2n) is 20.1. The average Bonchev–Trinajstić information content (AvgIpc) is 3.66. The summed E-state index contributed by atoms with van der Waals surface area (Å²) in [5.74, 6) is -8.69. The average molecular weight is 963 g/mol. The Labute approximate surface area is 404 Å². The number of aliphatic hydroxyl groups excluding tert-OH is 1. The van der Waals surface area contributed by atoms with Crippen LogP contribution in [0.25, 0.3) is 0 Å². The second kappa shape index (κ2) is 19.0. The summed E-state index contributed by atoms with van der Waals surface area (Å²) in [5, 5.41) is 29.0. The van der Waals surface area contributed by atoms with Crippen LogP contribution in [0.2, 0.25) is 0 Å². The number of Topliss-reactive ketones (excluding diaryl/α,β-unsaturated/α-hetero) is 1. The third-order valence-corrected chi connectivity index (χ3v) is 15.6. The van der Waals surface area contributed by atoms with Crippen molar-refractivity contribution < 1.29 is 72.4 Å². The third kappa shape index (κ3) is 8.61. The Morgan fingerprint density at radius 2 is 1.39 bits per heavy atom. The van der Waals surface area contributed by atoms with Gasteiger partial charge in [0.15, 0.2) is 0 Å². The Kier molecular flexibility index (Phi) is 13.5. The summed E-state index contributed by atoms with van der Waals surface area (Å²) < 4.78 is 24.8. The zero-order chi connectivity index (χ0) is 50.5. The number of hydrogen-bond acceptors (Lipinski definition) is 15. The molecule has 17 nitrogen and oxygen atoms in total. The summed E-state index contributed by atoms with van der Waals surface area (Å²) >= 11 is 0. The van der Waals surface area contributed by atoms with Crippen molar-refractivity contribution in [1.29, 1.82) is 0 Å². The molecule has 2 heterocycles. The number of nitrogens with one attached hydrogen (secondary N) is 1. The first-order valence-corrected chi connectivity index (χ1v) is 23.5. The predicted molar refractivity (Wildman–Crippen MR) is 245 cm³/mol. The predicted octanol–water partition coefficient (Wildman–Crippen LogP) is 5.08. The number of amides is 3. The number of benzene rings is 3. The summed E-state index contributed by atoms with van der Waals surface area (Å²) in [4.78, 5) is 114. The van der Waals surface area contributed by atoms with Crippen molar-refractivity contribution in [3.05, 3.63) is 119 Å².